The fraction of sp³-hybridized carbons (Fsp3) is 0.917. The molecule has 4 nitrogen and oxygen atoms in total. The highest BCUT2D eigenvalue weighted by Gasteiger charge is 2.34. The first-order valence-electron chi connectivity index (χ1n) is 6.34. The molecule has 3 atom stereocenters. The van der Waals surface area contributed by atoms with E-state index >= 15 is 0 Å². The average Bonchev–Trinajstić information content (AvgIpc) is 2.29. The van der Waals surface area contributed by atoms with Crippen LogP contribution in [0.4, 0.5) is 0 Å². The second-order valence-electron chi connectivity index (χ2n) is 5.01. The minimum atomic E-state index is 0.0503. The Kier molecular flexibility index (Phi) is 3.82. The highest BCUT2D eigenvalue weighted by molar-refractivity contribution is 5.80. The first-order valence-corrected chi connectivity index (χ1v) is 6.34. The van der Waals surface area contributed by atoms with Crippen LogP contribution in [0.2, 0.25) is 0 Å². The molecule has 1 aliphatic carbocycles. The maximum Gasteiger partial charge on any atom is 0.227 e. The molecule has 0 aromatic heterocycles. The predicted octanol–water partition coefficient (Wildman–Crippen LogP) is 0.751. The number of amides is 1. The number of ether oxygens (including phenoxy) is 1. The Morgan fingerprint density at radius 3 is 2.81 bits per heavy atom. The van der Waals surface area contributed by atoms with E-state index < -0.39 is 0 Å². The van der Waals surface area contributed by atoms with E-state index in [0.29, 0.717) is 13.2 Å². The van der Waals surface area contributed by atoms with E-state index in [1.165, 1.54) is 6.42 Å². The SMILES string of the molecule is CC1COCCN1C(=O)C1CCCCC1N. The monoisotopic (exact) mass is 226 g/mol. The van der Waals surface area contributed by atoms with Gasteiger partial charge >= 0.3 is 0 Å². The van der Waals surface area contributed by atoms with Gasteiger partial charge in [-0.25, -0.2) is 0 Å². The van der Waals surface area contributed by atoms with Crippen molar-refractivity contribution < 1.29 is 9.53 Å². The third-order valence-corrected chi connectivity index (χ3v) is 3.79. The molecule has 0 aromatic rings. The second kappa shape index (κ2) is 5.15. The van der Waals surface area contributed by atoms with Crippen molar-refractivity contribution in [2.75, 3.05) is 19.8 Å². The van der Waals surface area contributed by atoms with Crippen LogP contribution in [0.1, 0.15) is 32.6 Å². The lowest BCUT2D eigenvalue weighted by Gasteiger charge is -2.38. The molecular weight excluding hydrogens is 204 g/mol. The molecule has 2 N–H and O–H groups in total. The maximum atomic E-state index is 12.4. The van der Waals surface area contributed by atoms with Gasteiger partial charge in [-0.3, -0.25) is 4.79 Å². The van der Waals surface area contributed by atoms with Crippen LogP contribution in [0.15, 0.2) is 0 Å². The van der Waals surface area contributed by atoms with Crippen LogP contribution in [0.5, 0.6) is 0 Å². The summed E-state index contributed by atoms with van der Waals surface area (Å²) in [6, 6.07) is 0.270. The fourth-order valence-electron chi connectivity index (χ4n) is 2.73. The number of hydrogen-bond donors (Lipinski definition) is 1. The molecule has 2 aliphatic rings. The van der Waals surface area contributed by atoms with Crippen LogP contribution in [-0.2, 0) is 9.53 Å². The van der Waals surface area contributed by atoms with Gasteiger partial charge in [-0.05, 0) is 19.8 Å². The largest absolute Gasteiger partial charge is 0.377 e. The van der Waals surface area contributed by atoms with Crippen LogP contribution in [-0.4, -0.2) is 42.6 Å². The first kappa shape index (κ1) is 11.9. The Hall–Kier alpha value is -0.610. The van der Waals surface area contributed by atoms with Crippen LogP contribution in [0, 0.1) is 5.92 Å². The summed E-state index contributed by atoms with van der Waals surface area (Å²) in [4.78, 5) is 14.3. The van der Waals surface area contributed by atoms with Crippen molar-refractivity contribution in [3.63, 3.8) is 0 Å². The van der Waals surface area contributed by atoms with Crippen molar-refractivity contribution in [1.82, 2.24) is 4.90 Å². The minimum absolute atomic E-state index is 0.0503. The first-order chi connectivity index (χ1) is 7.70. The Bertz CT molecular complexity index is 233. The Balaban J connectivity index is 1.99. The lowest BCUT2D eigenvalue weighted by molar-refractivity contribution is -0.145. The zero-order chi connectivity index (χ0) is 11.5. The molecule has 0 bridgehead atoms. The lowest BCUT2D eigenvalue weighted by atomic mass is 9.84. The molecule has 92 valence electrons. The van der Waals surface area contributed by atoms with Crippen molar-refractivity contribution in [2.24, 2.45) is 11.7 Å². The number of nitrogens with two attached hydrogens (primary N) is 1. The van der Waals surface area contributed by atoms with Gasteiger partial charge in [0.1, 0.15) is 0 Å². The molecule has 0 radical (unpaired) electrons. The van der Waals surface area contributed by atoms with Crippen molar-refractivity contribution in [3.8, 4) is 0 Å². The van der Waals surface area contributed by atoms with E-state index in [-0.39, 0.29) is 23.9 Å². The summed E-state index contributed by atoms with van der Waals surface area (Å²) in [6.45, 7) is 4.10. The molecule has 3 unspecified atom stereocenters. The molecule has 1 saturated heterocycles. The summed E-state index contributed by atoms with van der Waals surface area (Å²) in [6.07, 6.45) is 4.27. The molecule has 4 heteroatoms. The third-order valence-electron chi connectivity index (χ3n) is 3.79. The Morgan fingerprint density at radius 2 is 2.12 bits per heavy atom. The number of nitrogens with zero attached hydrogens (tertiary/aromatic N) is 1. The standard InChI is InChI=1S/C12H22N2O2/c1-9-8-16-7-6-14(9)12(15)10-4-2-3-5-11(10)13/h9-11H,2-8,13H2,1H3. The van der Waals surface area contributed by atoms with Crippen molar-refractivity contribution in [1.29, 1.82) is 0 Å². The second-order valence-corrected chi connectivity index (χ2v) is 5.01. The quantitative estimate of drug-likeness (QED) is 0.718. The highest BCUT2D eigenvalue weighted by Crippen LogP contribution is 2.26. The smallest absolute Gasteiger partial charge is 0.227 e. The van der Waals surface area contributed by atoms with Gasteiger partial charge in [-0.15, -0.1) is 0 Å². The zero-order valence-electron chi connectivity index (χ0n) is 10.0. The van der Waals surface area contributed by atoms with E-state index in [4.69, 9.17) is 10.5 Å². The van der Waals surface area contributed by atoms with Gasteiger partial charge in [0, 0.05) is 12.6 Å². The molecule has 2 rings (SSSR count). The van der Waals surface area contributed by atoms with Crippen LogP contribution in [0.3, 0.4) is 0 Å². The average molecular weight is 226 g/mol. The minimum Gasteiger partial charge on any atom is -0.377 e. The molecule has 1 heterocycles. The van der Waals surface area contributed by atoms with Crippen molar-refractivity contribution >= 4 is 5.91 Å². The van der Waals surface area contributed by atoms with E-state index in [0.717, 1.165) is 25.8 Å². The number of carbonyl (C=O) groups excluding carboxylic acids is 1. The normalized spacial score (nSPS) is 36.1. The summed E-state index contributed by atoms with van der Waals surface area (Å²) in [7, 11) is 0. The molecule has 1 aliphatic heterocycles. The van der Waals surface area contributed by atoms with Gasteiger partial charge in [0.2, 0.25) is 5.91 Å². The topological polar surface area (TPSA) is 55.6 Å². The van der Waals surface area contributed by atoms with Gasteiger partial charge in [0.25, 0.3) is 0 Å². The van der Waals surface area contributed by atoms with Crippen molar-refractivity contribution in [2.45, 2.75) is 44.7 Å². The summed E-state index contributed by atoms with van der Waals surface area (Å²) >= 11 is 0. The van der Waals surface area contributed by atoms with Crippen LogP contribution < -0.4 is 5.73 Å². The number of carbonyl (C=O) groups is 1. The maximum absolute atomic E-state index is 12.4. The van der Waals surface area contributed by atoms with Gasteiger partial charge in [-0.2, -0.15) is 0 Å². The van der Waals surface area contributed by atoms with Crippen LogP contribution >= 0.6 is 0 Å². The Labute approximate surface area is 97.1 Å². The summed E-state index contributed by atoms with van der Waals surface area (Å²) in [5.74, 6) is 0.303. The molecule has 0 aromatic carbocycles. The fourth-order valence-corrected chi connectivity index (χ4v) is 2.73. The molecule has 2 fully saturated rings. The number of hydrogen-bond acceptors (Lipinski definition) is 3. The summed E-state index contributed by atoms with van der Waals surface area (Å²) in [5.41, 5.74) is 6.05. The van der Waals surface area contributed by atoms with Crippen molar-refractivity contribution in [3.05, 3.63) is 0 Å². The van der Waals surface area contributed by atoms with E-state index in [1.807, 2.05) is 11.8 Å². The number of morpholine rings is 1. The highest BCUT2D eigenvalue weighted by atomic mass is 16.5. The zero-order valence-corrected chi connectivity index (χ0v) is 10.0. The Morgan fingerprint density at radius 1 is 1.38 bits per heavy atom. The molecule has 16 heavy (non-hydrogen) atoms. The van der Waals surface area contributed by atoms with Gasteiger partial charge < -0.3 is 15.4 Å². The molecule has 1 saturated carbocycles. The lowest BCUT2D eigenvalue weighted by Crippen LogP contribution is -2.53. The molecule has 1 amide bonds. The summed E-state index contributed by atoms with van der Waals surface area (Å²) in [5, 5.41) is 0. The summed E-state index contributed by atoms with van der Waals surface area (Å²) < 4.78 is 5.35. The predicted molar refractivity (Wildman–Crippen MR) is 61.9 cm³/mol. The molecule has 0 spiro atoms. The van der Waals surface area contributed by atoms with Gasteiger partial charge in [0.05, 0.1) is 25.2 Å². The third kappa shape index (κ3) is 2.38. The van der Waals surface area contributed by atoms with Crippen LogP contribution in [0.25, 0.3) is 0 Å². The van der Waals surface area contributed by atoms with Gasteiger partial charge in [-0.1, -0.05) is 12.8 Å². The van der Waals surface area contributed by atoms with Gasteiger partial charge in [0.15, 0.2) is 0 Å². The number of rotatable bonds is 1. The van der Waals surface area contributed by atoms with E-state index in [1.54, 1.807) is 0 Å². The van der Waals surface area contributed by atoms with E-state index in [9.17, 15) is 4.79 Å². The molecular formula is C12H22N2O2. The van der Waals surface area contributed by atoms with E-state index in [2.05, 4.69) is 0 Å².